The molecular weight excluding hydrogens is 446 g/mol. The molecular formula is C27H25N3O5. The van der Waals surface area contributed by atoms with Crippen molar-refractivity contribution in [2.45, 2.75) is 26.5 Å². The van der Waals surface area contributed by atoms with Gasteiger partial charge in [-0.3, -0.25) is 14.9 Å². The number of nitriles is 1. The normalized spacial score (nSPS) is 11.7. The summed E-state index contributed by atoms with van der Waals surface area (Å²) in [4.78, 5) is 23.2. The SMILES string of the molecule is CCOc1cc(/C=C(/C#N)C(=O)N[C@@H](C)c2ccccc2)ccc1OCc1cccc([N+](=O)[O-])c1. The molecule has 3 aromatic carbocycles. The lowest BCUT2D eigenvalue weighted by Crippen LogP contribution is -2.27. The van der Waals surface area contributed by atoms with Gasteiger partial charge in [0, 0.05) is 12.1 Å². The molecule has 0 bridgehead atoms. The van der Waals surface area contributed by atoms with Crippen LogP contribution in [0.15, 0.2) is 78.4 Å². The number of ether oxygens (including phenoxy) is 2. The highest BCUT2D eigenvalue weighted by Crippen LogP contribution is 2.30. The second-order valence-electron chi connectivity index (χ2n) is 7.63. The molecule has 178 valence electrons. The quantitative estimate of drug-likeness (QED) is 0.184. The van der Waals surface area contributed by atoms with Crippen molar-refractivity contribution in [3.8, 4) is 17.6 Å². The number of amides is 1. The van der Waals surface area contributed by atoms with Gasteiger partial charge in [-0.1, -0.05) is 48.5 Å². The van der Waals surface area contributed by atoms with Crippen LogP contribution in [-0.2, 0) is 11.4 Å². The van der Waals surface area contributed by atoms with E-state index in [1.165, 1.54) is 18.2 Å². The van der Waals surface area contributed by atoms with Crippen molar-refractivity contribution in [3.63, 3.8) is 0 Å². The second kappa shape index (κ2) is 12.0. The Morgan fingerprint density at radius 3 is 2.54 bits per heavy atom. The van der Waals surface area contributed by atoms with Gasteiger partial charge in [0.2, 0.25) is 0 Å². The molecule has 0 saturated carbocycles. The predicted octanol–water partition coefficient (Wildman–Crippen LogP) is 5.36. The van der Waals surface area contributed by atoms with Gasteiger partial charge in [0.05, 0.1) is 17.6 Å². The molecule has 1 amide bonds. The van der Waals surface area contributed by atoms with Crippen LogP contribution in [0, 0.1) is 21.4 Å². The number of nitrogens with zero attached hydrogens (tertiary/aromatic N) is 2. The van der Waals surface area contributed by atoms with Crippen LogP contribution in [-0.4, -0.2) is 17.4 Å². The van der Waals surface area contributed by atoms with Gasteiger partial charge in [-0.05, 0) is 48.7 Å². The molecule has 3 rings (SSSR count). The van der Waals surface area contributed by atoms with Crippen LogP contribution in [0.4, 0.5) is 5.69 Å². The van der Waals surface area contributed by atoms with Crippen LogP contribution in [0.3, 0.4) is 0 Å². The van der Waals surface area contributed by atoms with E-state index in [-0.39, 0.29) is 23.9 Å². The topological polar surface area (TPSA) is 114 Å². The van der Waals surface area contributed by atoms with E-state index in [4.69, 9.17) is 9.47 Å². The number of non-ortho nitro benzene ring substituents is 1. The number of carbonyl (C=O) groups excluding carboxylic acids is 1. The van der Waals surface area contributed by atoms with Crippen molar-refractivity contribution in [2.75, 3.05) is 6.61 Å². The molecule has 8 nitrogen and oxygen atoms in total. The molecule has 0 unspecified atom stereocenters. The van der Waals surface area contributed by atoms with Crippen LogP contribution in [0.25, 0.3) is 6.08 Å². The maximum atomic E-state index is 12.7. The Bertz CT molecular complexity index is 1270. The van der Waals surface area contributed by atoms with Crippen molar-refractivity contribution in [1.29, 1.82) is 5.26 Å². The fourth-order valence-electron chi connectivity index (χ4n) is 3.34. The maximum absolute atomic E-state index is 12.7. The molecule has 1 atom stereocenters. The van der Waals surface area contributed by atoms with Crippen molar-refractivity contribution >= 4 is 17.7 Å². The molecule has 0 aliphatic heterocycles. The van der Waals surface area contributed by atoms with E-state index in [1.807, 2.05) is 50.2 Å². The number of nitrogens with one attached hydrogen (secondary N) is 1. The standard InChI is InChI=1S/C27H25N3O5/c1-3-34-26-16-20(12-13-25(26)35-18-21-8-7-11-24(15-21)30(32)33)14-23(17-28)27(31)29-19(2)22-9-5-4-6-10-22/h4-16,19H,3,18H2,1-2H3,(H,29,31)/b23-14-/t19-/m0/s1. The molecule has 1 N–H and O–H groups in total. The molecule has 0 aromatic heterocycles. The van der Waals surface area contributed by atoms with E-state index in [1.54, 1.807) is 30.3 Å². The summed E-state index contributed by atoms with van der Waals surface area (Å²) in [5, 5.41) is 23.4. The lowest BCUT2D eigenvalue weighted by Gasteiger charge is -2.14. The lowest BCUT2D eigenvalue weighted by molar-refractivity contribution is -0.384. The third kappa shape index (κ3) is 6.92. The van der Waals surface area contributed by atoms with Crippen molar-refractivity contribution in [3.05, 3.63) is 105 Å². The fourth-order valence-corrected chi connectivity index (χ4v) is 3.34. The summed E-state index contributed by atoms with van der Waals surface area (Å²) in [5.41, 5.74) is 2.11. The number of hydrogen-bond donors (Lipinski definition) is 1. The molecule has 0 aliphatic carbocycles. The Kier molecular flexibility index (Phi) is 8.57. The monoisotopic (exact) mass is 471 g/mol. The van der Waals surface area contributed by atoms with E-state index in [2.05, 4.69) is 5.32 Å². The molecule has 0 heterocycles. The number of rotatable bonds is 10. The molecule has 8 heteroatoms. The third-order valence-corrected chi connectivity index (χ3v) is 5.11. The number of hydrogen-bond acceptors (Lipinski definition) is 6. The first-order valence-corrected chi connectivity index (χ1v) is 11.0. The van der Waals surface area contributed by atoms with Crippen LogP contribution in [0.5, 0.6) is 11.5 Å². The average molecular weight is 472 g/mol. The van der Waals surface area contributed by atoms with Gasteiger partial charge in [0.25, 0.3) is 11.6 Å². The maximum Gasteiger partial charge on any atom is 0.269 e. The smallest absolute Gasteiger partial charge is 0.269 e. The van der Waals surface area contributed by atoms with Gasteiger partial charge < -0.3 is 14.8 Å². The van der Waals surface area contributed by atoms with E-state index in [0.717, 1.165) is 5.56 Å². The molecule has 0 saturated heterocycles. The summed E-state index contributed by atoms with van der Waals surface area (Å²) >= 11 is 0. The summed E-state index contributed by atoms with van der Waals surface area (Å²) in [6.07, 6.45) is 1.49. The first-order valence-electron chi connectivity index (χ1n) is 11.0. The number of carbonyl (C=O) groups is 1. The first-order chi connectivity index (χ1) is 16.9. The van der Waals surface area contributed by atoms with Crippen LogP contribution >= 0.6 is 0 Å². The van der Waals surface area contributed by atoms with Gasteiger partial charge in [-0.2, -0.15) is 5.26 Å². The number of benzene rings is 3. The summed E-state index contributed by atoms with van der Waals surface area (Å²) < 4.78 is 11.5. The molecule has 0 spiro atoms. The fraction of sp³-hybridized carbons (Fsp3) is 0.185. The molecule has 35 heavy (non-hydrogen) atoms. The lowest BCUT2D eigenvalue weighted by atomic mass is 10.1. The first kappa shape index (κ1) is 25.0. The van der Waals surface area contributed by atoms with Gasteiger partial charge in [-0.15, -0.1) is 0 Å². The van der Waals surface area contributed by atoms with Crippen LogP contribution in [0.2, 0.25) is 0 Å². The Labute approximate surface area is 203 Å². The predicted molar refractivity (Wildman–Crippen MR) is 132 cm³/mol. The highest BCUT2D eigenvalue weighted by Gasteiger charge is 2.15. The highest BCUT2D eigenvalue weighted by atomic mass is 16.6. The van der Waals surface area contributed by atoms with E-state index in [9.17, 15) is 20.2 Å². The van der Waals surface area contributed by atoms with Gasteiger partial charge in [0.1, 0.15) is 18.2 Å². The Morgan fingerprint density at radius 1 is 1.09 bits per heavy atom. The van der Waals surface area contributed by atoms with Crippen molar-refractivity contribution < 1.29 is 19.2 Å². The summed E-state index contributed by atoms with van der Waals surface area (Å²) in [7, 11) is 0. The van der Waals surface area contributed by atoms with E-state index in [0.29, 0.717) is 29.2 Å². The summed E-state index contributed by atoms with van der Waals surface area (Å²) in [5.74, 6) is 0.394. The molecule has 0 radical (unpaired) electrons. The number of nitro groups is 1. The number of nitro benzene ring substituents is 1. The minimum atomic E-state index is -0.479. The molecule has 0 fully saturated rings. The average Bonchev–Trinajstić information content (AvgIpc) is 2.87. The minimum absolute atomic E-state index is 0.0134. The van der Waals surface area contributed by atoms with Gasteiger partial charge in [-0.25, -0.2) is 0 Å². The van der Waals surface area contributed by atoms with Crippen molar-refractivity contribution in [1.82, 2.24) is 5.32 Å². The van der Waals surface area contributed by atoms with E-state index < -0.39 is 10.8 Å². The molecule has 0 aliphatic rings. The molecule has 3 aromatic rings. The zero-order valence-electron chi connectivity index (χ0n) is 19.4. The third-order valence-electron chi connectivity index (χ3n) is 5.11. The van der Waals surface area contributed by atoms with E-state index >= 15 is 0 Å². The van der Waals surface area contributed by atoms with Crippen molar-refractivity contribution in [2.24, 2.45) is 0 Å². The summed E-state index contributed by atoms with van der Waals surface area (Å²) in [6, 6.07) is 22.4. The Morgan fingerprint density at radius 2 is 1.86 bits per heavy atom. The minimum Gasteiger partial charge on any atom is -0.490 e. The zero-order chi connectivity index (χ0) is 25.2. The van der Waals surface area contributed by atoms with Gasteiger partial charge in [0.15, 0.2) is 11.5 Å². The largest absolute Gasteiger partial charge is 0.490 e. The van der Waals surface area contributed by atoms with Crippen LogP contribution < -0.4 is 14.8 Å². The Hall–Kier alpha value is -4.64. The second-order valence-corrected chi connectivity index (χ2v) is 7.63. The highest BCUT2D eigenvalue weighted by molar-refractivity contribution is 6.01. The summed E-state index contributed by atoms with van der Waals surface area (Å²) in [6.45, 7) is 4.16. The Balaban J connectivity index is 1.76. The van der Waals surface area contributed by atoms with Gasteiger partial charge >= 0.3 is 0 Å². The zero-order valence-corrected chi connectivity index (χ0v) is 19.4. The van der Waals surface area contributed by atoms with Crippen LogP contribution in [0.1, 0.15) is 36.6 Å².